The molecule has 96 valence electrons. The van der Waals surface area contributed by atoms with Crippen LogP contribution in [0.2, 0.25) is 0 Å². The smallest absolute Gasteiger partial charge is 0.333 e. The van der Waals surface area contributed by atoms with Crippen LogP contribution in [0.25, 0.3) is 0 Å². The first-order valence-corrected chi connectivity index (χ1v) is 6.26. The van der Waals surface area contributed by atoms with Crippen molar-refractivity contribution >= 4 is 5.97 Å². The van der Waals surface area contributed by atoms with Crippen molar-refractivity contribution in [2.45, 2.75) is 57.4 Å². The van der Waals surface area contributed by atoms with Crippen molar-refractivity contribution < 1.29 is 14.6 Å². The predicted octanol–water partition coefficient (Wildman–Crippen LogP) is 1.09. The van der Waals surface area contributed by atoms with Gasteiger partial charge in [-0.15, -0.1) is 0 Å². The number of aliphatic hydroxyl groups is 1. The number of hydrogen-bond donors (Lipinski definition) is 1. The molecule has 17 heavy (non-hydrogen) atoms. The van der Waals surface area contributed by atoms with E-state index in [1.54, 1.807) is 13.0 Å². The molecule has 2 fully saturated rings. The molecule has 0 aliphatic carbocycles. The minimum absolute atomic E-state index is 0.0410. The number of aliphatic hydroxyl groups excluding tert-OH is 1. The summed E-state index contributed by atoms with van der Waals surface area (Å²) in [5.41, 5.74) is 0.650. The largest absolute Gasteiger partial charge is 0.459 e. The van der Waals surface area contributed by atoms with Gasteiger partial charge in [0.1, 0.15) is 6.10 Å². The molecule has 1 unspecified atom stereocenters. The van der Waals surface area contributed by atoms with Crippen LogP contribution >= 0.6 is 0 Å². The fourth-order valence-electron chi connectivity index (χ4n) is 2.86. The van der Waals surface area contributed by atoms with Crippen molar-refractivity contribution in [3.05, 3.63) is 11.6 Å². The minimum Gasteiger partial charge on any atom is -0.459 e. The van der Waals surface area contributed by atoms with Crippen LogP contribution in [0.4, 0.5) is 0 Å². The van der Waals surface area contributed by atoms with E-state index in [-0.39, 0.29) is 24.2 Å². The summed E-state index contributed by atoms with van der Waals surface area (Å²) in [6.45, 7) is 3.60. The molecule has 0 aromatic heterocycles. The number of ether oxygens (including phenoxy) is 1. The molecule has 2 saturated heterocycles. The molecule has 0 radical (unpaired) electrons. The van der Waals surface area contributed by atoms with Crippen molar-refractivity contribution in [1.29, 1.82) is 0 Å². The second-order valence-corrected chi connectivity index (χ2v) is 5.16. The highest BCUT2D eigenvalue weighted by atomic mass is 16.5. The van der Waals surface area contributed by atoms with Crippen LogP contribution in [0.15, 0.2) is 11.6 Å². The van der Waals surface area contributed by atoms with E-state index >= 15 is 0 Å². The first kappa shape index (κ1) is 12.6. The zero-order valence-corrected chi connectivity index (χ0v) is 10.7. The Labute approximate surface area is 102 Å². The average Bonchev–Trinajstić information content (AvgIpc) is 2.49. The number of allylic oxidation sites excluding steroid dienone is 1. The molecule has 0 amide bonds. The number of carbonyl (C=O) groups is 1. The van der Waals surface area contributed by atoms with E-state index in [1.165, 1.54) is 0 Å². The van der Waals surface area contributed by atoms with Gasteiger partial charge in [-0.3, -0.25) is 4.90 Å². The molecule has 0 aromatic carbocycles. The minimum atomic E-state index is -0.267. The molecule has 0 saturated carbocycles. The lowest BCUT2D eigenvalue weighted by molar-refractivity contribution is -0.147. The molecule has 1 N–H and O–H groups in total. The van der Waals surface area contributed by atoms with Gasteiger partial charge < -0.3 is 9.84 Å². The first-order chi connectivity index (χ1) is 8.02. The average molecular weight is 239 g/mol. The summed E-state index contributed by atoms with van der Waals surface area (Å²) >= 11 is 0. The summed E-state index contributed by atoms with van der Waals surface area (Å²) in [5, 5.41) is 9.88. The Bertz CT molecular complexity index is 340. The Morgan fingerprint density at radius 3 is 2.71 bits per heavy atom. The molecule has 2 aliphatic rings. The van der Waals surface area contributed by atoms with Crippen LogP contribution < -0.4 is 0 Å². The van der Waals surface area contributed by atoms with Crippen LogP contribution in [-0.2, 0) is 9.53 Å². The molecular weight excluding hydrogens is 218 g/mol. The summed E-state index contributed by atoms with van der Waals surface area (Å²) in [7, 11) is 2.04. The van der Waals surface area contributed by atoms with Gasteiger partial charge in [0, 0.05) is 30.5 Å². The van der Waals surface area contributed by atoms with Gasteiger partial charge >= 0.3 is 5.97 Å². The number of fused-ring (bicyclic) bond motifs is 2. The Morgan fingerprint density at radius 1 is 1.41 bits per heavy atom. The van der Waals surface area contributed by atoms with Crippen LogP contribution in [0.1, 0.15) is 33.1 Å². The number of nitrogens with zero attached hydrogens (tertiary/aromatic N) is 1. The third-order valence-corrected chi connectivity index (χ3v) is 4.12. The Balaban J connectivity index is 1.96. The lowest BCUT2D eigenvalue weighted by atomic mass is 10.00. The van der Waals surface area contributed by atoms with Crippen molar-refractivity contribution in [3.63, 3.8) is 0 Å². The zero-order chi connectivity index (χ0) is 12.6. The lowest BCUT2D eigenvalue weighted by Crippen LogP contribution is -2.45. The van der Waals surface area contributed by atoms with Crippen molar-refractivity contribution in [2.75, 3.05) is 7.05 Å². The molecular formula is C13H21NO3. The van der Waals surface area contributed by atoms with Gasteiger partial charge in [0.05, 0.1) is 6.10 Å². The molecule has 2 aliphatic heterocycles. The number of hydrogen-bond acceptors (Lipinski definition) is 4. The maximum Gasteiger partial charge on any atom is 0.333 e. The topological polar surface area (TPSA) is 49.8 Å². The standard InChI is InChI=1S/C13H21NO3/c1-4-8(2)13(16)17-10-5-9-6-12(15)11(7-10)14(9)3/h4,9-12,15H,5-7H2,1-3H3/b8-4+/t9-,10-,11+,12?/m0/s1. The summed E-state index contributed by atoms with van der Waals surface area (Å²) in [4.78, 5) is 13.9. The molecule has 2 heterocycles. The molecule has 0 aromatic rings. The van der Waals surface area contributed by atoms with E-state index in [9.17, 15) is 9.90 Å². The van der Waals surface area contributed by atoms with E-state index in [1.807, 2.05) is 14.0 Å². The van der Waals surface area contributed by atoms with Crippen LogP contribution in [0.3, 0.4) is 0 Å². The van der Waals surface area contributed by atoms with Gasteiger partial charge in [0.2, 0.25) is 0 Å². The number of piperidine rings is 1. The second kappa shape index (κ2) is 4.78. The highest BCUT2D eigenvalue weighted by molar-refractivity contribution is 5.87. The SMILES string of the molecule is C/C=C(\C)C(=O)O[C@H]1C[C@H]2CC(O)[C@@H](C1)N2C. The highest BCUT2D eigenvalue weighted by Gasteiger charge is 2.45. The van der Waals surface area contributed by atoms with Crippen LogP contribution in [-0.4, -0.2) is 47.3 Å². The zero-order valence-electron chi connectivity index (χ0n) is 10.7. The Morgan fingerprint density at radius 2 is 2.12 bits per heavy atom. The first-order valence-electron chi connectivity index (χ1n) is 6.26. The van der Waals surface area contributed by atoms with Crippen molar-refractivity contribution in [2.24, 2.45) is 0 Å². The molecule has 4 nitrogen and oxygen atoms in total. The van der Waals surface area contributed by atoms with E-state index in [0.29, 0.717) is 11.6 Å². The van der Waals surface area contributed by atoms with Crippen molar-refractivity contribution in [3.8, 4) is 0 Å². The monoisotopic (exact) mass is 239 g/mol. The fourth-order valence-corrected chi connectivity index (χ4v) is 2.86. The lowest BCUT2D eigenvalue weighted by Gasteiger charge is -2.36. The summed E-state index contributed by atoms with van der Waals surface area (Å²) < 4.78 is 5.48. The second-order valence-electron chi connectivity index (χ2n) is 5.16. The number of likely N-dealkylation sites (N-methyl/N-ethyl adjacent to an activating group) is 1. The normalized spacial score (nSPS) is 38.2. The Hall–Kier alpha value is -0.870. The van der Waals surface area contributed by atoms with Gasteiger partial charge in [0.25, 0.3) is 0 Å². The molecule has 4 heteroatoms. The molecule has 0 spiro atoms. The Kier molecular flexibility index (Phi) is 3.54. The third kappa shape index (κ3) is 2.38. The third-order valence-electron chi connectivity index (χ3n) is 4.12. The maximum absolute atomic E-state index is 11.7. The van der Waals surface area contributed by atoms with Gasteiger partial charge in [-0.25, -0.2) is 4.79 Å². The van der Waals surface area contributed by atoms with Crippen LogP contribution in [0, 0.1) is 0 Å². The number of esters is 1. The molecule has 2 rings (SSSR count). The summed E-state index contributed by atoms with van der Waals surface area (Å²) in [6.07, 6.45) is 3.85. The fraction of sp³-hybridized carbons (Fsp3) is 0.769. The summed E-state index contributed by atoms with van der Waals surface area (Å²) in [6, 6.07) is 0.505. The van der Waals surface area contributed by atoms with Gasteiger partial charge in [-0.2, -0.15) is 0 Å². The maximum atomic E-state index is 11.7. The van der Waals surface area contributed by atoms with Gasteiger partial charge in [0.15, 0.2) is 0 Å². The quantitative estimate of drug-likeness (QED) is 0.579. The van der Waals surface area contributed by atoms with Gasteiger partial charge in [-0.1, -0.05) is 6.08 Å². The van der Waals surface area contributed by atoms with E-state index in [2.05, 4.69) is 4.90 Å². The highest BCUT2D eigenvalue weighted by Crippen LogP contribution is 2.35. The van der Waals surface area contributed by atoms with E-state index < -0.39 is 0 Å². The van der Waals surface area contributed by atoms with Crippen LogP contribution in [0.5, 0.6) is 0 Å². The predicted molar refractivity (Wildman–Crippen MR) is 64.5 cm³/mol. The van der Waals surface area contributed by atoms with E-state index in [0.717, 1.165) is 19.3 Å². The van der Waals surface area contributed by atoms with Crippen molar-refractivity contribution in [1.82, 2.24) is 4.90 Å². The van der Waals surface area contributed by atoms with Gasteiger partial charge in [-0.05, 0) is 27.3 Å². The summed E-state index contributed by atoms with van der Waals surface area (Å²) in [5.74, 6) is -0.226. The van der Waals surface area contributed by atoms with E-state index in [4.69, 9.17) is 4.74 Å². The molecule has 2 bridgehead atoms. The number of carbonyl (C=O) groups excluding carboxylic acids is 1. The number of rotatable bonds is 2. The molecule has 4 atom stereocenters.